The van der Waals surface area contributed by atoms with Crippen LogP contribution in [0.2, 0.25) is 0 Å². The van der Waals surface area contributed by atoms with Gasteiger partial charge in [0.15, 0.2) is 5.65 Å². The first-order valence-corrected chi connectivity index (χ1v) is 12.2. The Hall–Kier alpha value is -2.51. The Kier molecular flexibility index (Phi) is 9.01. The molecule has 13 heteroatoms. The first-order chi connectivity index (χ1) is 17.2. The monoisotopic (exact) mass is 532 g/mol. The molecule has 208 valence electrons. The number of hydrogen-bond acceptors (Lipinski definition) is 7. The number of carbonyl (C=O) groups excluding carboxylic acids is 1. The summed E-state index contributed by atoms with van der Waals surface area (Å²) >= 11 is 0. The zero-order valence-electron chi connectivity index (χ0n) is 21.6. The fourth-order valence-corrected chi connectivity index (χ4v) is 4.30. The molecule has 9 nitrogen and oxygen atoms in total. The highest BCUT2D eigenvalue weighted by Crippen LogP contribution is 2.41. The minimum absolute atomic E-state index is 0.102. The number of rotatable bonds is 10. The Balaban J connectivity index is 1.88. The summed E-state index contributed by atoms with van der Waals surface area (Å²) in [4.78, 5) is 17.2. The van der Waals surface area contributed by atoms with Crippen LogP contribution in [-0.2, 0) is 9.47 Å². The van der Waals surface area contributed by atoms with Gasteiger partial charge >= 0.3 is 6.09 Å². The zero-order valence-corrected chi connectivity index (χ0v) is 21.6. The molecule has 4 N–H and O–H groups in total. The van der Waals surface area contributed by atoms with Crippen LogP contribution < -0.4 is 16.4 Å². The number of fused-ring (bicyclic) bond motifs is 1. The predicted molar refractivity (Wildman–Crippen MR) is 129 cm³/mol. The molecule has 1 amide bonds. The van der Waals surface area contributed by atoms with Crippen molar-refractivity contribution in [2.24, 2.45) is 11.7 Å². The highest BCUT2D eigenvalue weighted by Gasteiger charge is 2.39. The molecule has 37 heavy (non-hydrogen) atoms. The van der Waals surface area contributed by atoms with Gasteiger partial charge in [-0.25, -0.2) is 31.9 Å². The average Bonchev–Trinajstić information content (AvgIpc) is 3.22. The molecule has 1 fully saturated rings. The number of nitrogens with one attached hydrogen (secondary N) is 2. The molecular formula is C24H36F4N6O3. The number of amides is 1. The normalized spacial score (nSPS) is 18.5. The molecule has 0 saturated heterocycles. The molecule has 0 spiro atoms. The van der Waals surface area contributed by atoms with Gasteiger partial charge < -0.3 is 25.8 Å². The van der Waals surface area contributed by atoms with Gasteiger partial charge in [-0.15, -0.1) is 0 Å². The van der Waals surface area contributed by atoms with E-state index in [1.165, 1.54) is 17.8 Å². The summed E-state index contributed by atoms with van der Waals surface area (Å²) in [5, 5.41) is 9.91. The number of carbonyl (C=O) groups is 1. The third-order valence-corrected chi connectivity index (χ3v) is 6.23. The number of ether oxygens (including phenoxy) is 2. The zero-order chi connectivity index (χ0) is 27.4. The average molecular weight is 533 g/mol. The van der Waals surface area contributed by atoms with Crippen molar-refractivity contribution >= 4 is 11.7 Å². The van der Waals surface area contributed by atoms with Gasteiger partial charge in [-0.05, 0) is 51.2 Å². The van der Waals surface area contributed by atoms with Crippen LogP contribution in [0, 0.1) is 5.92 Å². The largest absolute Gasteiger partial charge is 0.444 e. The fraction of sp³-hybridized carbons (Fsp3) is 0.708. The van der Waals surface area contributed by atoms with E-state index in [9.17, 15) is 22.4 Å². The van der Waals surface area contributed by atoms with E-state index in [4.69, 9.17) is 15.2 Å². The van der Waals surface area contributed by atoms with Gasteiger partial charge in [0.1, 0.15) is 5.60 Å². The van der Waals surface area contributed by atoms with Gasteiger partial charge in [-0.1, -0.05) is 0 Å². The van der Waals surface area contributed by atoms with E-state index in [1.54, 1.807) is 33.0 Å². The van der Waals surface area contributed by atoms with Crippen molar-refractivity contribution in [2.75, 3.05) is 26.8 Å². The Morgan fingerprint density at radius 1 is 1.30 bits per heavy atom. The second-order valence-electron chi connectivity index (χ2n) is 10.5. The van der Waals surface area contributed by atoms with E-state index in [-0.39, 0.29) is 38.2 Å². The molecule has 3 rings (SSSR count). The maximum atomic E-state index is 13.8. The lowest BCUT2D eigenvalue weighted by atomic mass is 9.81. The van der Waals surface area contributed by atoms with Gasteiger partial charge in [0.05, 0.1) is 49.9 Å². The fourth-order valence-electron chi connectivity index (χ4n) is 4.30. The third kappa shape index (κ3) is 8.24. The molecule has 0 unspecified atom stereocenters. The number of alkyl carbamates (subject to hydrolysis) is 1. The van der Waals surface area contributed by atoms with Gasteiger partial charge in [0, 0.05) is 20.0 Å². The van der Waals surface area contributed by atoms with Crippen molar-refractivity contribution in [3.8, 4) is 0 Å². The van der Waals surface area contributed by atoms with Crippen molar-refractivity contribution in [1.82, 2.24) is 25.2 Å². The number of nitrogens with two attached hydrogens (primary N) is 1. The second kappa shape index (κ2) is 11.5. The van der Waals surface area contributed by atoms with Gasteiger partial charge in [0.2, 0.25) is 5.92 Å². The van der Waals surface area contributed by atoms with Gasteiger partial charge in [-0.3, -0.25) is 0 Å². The minimum Gasteiger partial charge on any atom is -0.444 e. The van der Waals surface area contributed by atoms with Crippen LogP contribution in [0.15, 0.2) is 18.5 Å². The quantitative estimate of drug-likeness (QED) is 0.396. The van der Waals surface area contributed by atoms with Crippen molar-refractivity contribution in [3.63, 3.8) is 0 Å². The lowest BCUT2D eigenvalue weighted by Crippen LogP contribution is -2.41. The SMILES string of the molecule is COC[C@@H](NCC(F)(F)CN)c1cnn2cc([C@@H](NC(=O)OC(C)(C)C)C3CCC(F)(F)CC3)nc2c1. The first-order valence-electron chi connectivity index (χ1n) is 12.2. The molecular weight excluding hydrogens is 496 g/mol. The number of methoxy groups -OCH3 is 1. The van der Waals surface area contributed by atoms with Crippen LogP contribution >= 0.6 is 0 Å². The number of nitrogens with zero attached hydrogens (tertiary/aromatic N) is 3. The molecule has 0 aromatic carbocycles. The van der Waals surface area contributed by atoms with Crippen LogP contribution in [0.1, 0.15) is 69.8 Å². The van der Waals surface area contributed by atoms with Crippen LogP contribution in [0.5, 0.6) is 0 Å². The lowest BCUT2D eigenvalue weighted by molar-refractivity contribution is -0.0500. The van der Waals surface area contributed by atoms with Crippen LogP contribution in [0.3, 0.4) is 0 Å². The maximum Gasteiger partial charge on any atom is 0.408 e. The summed E-state index contributed by atoms with van der Waals surface area (Å²) < 4.78 is 67.1. The molecule has 1 aliphatic carbocycles. The van der Waals surface area contributed by atoms with Crippen LogP contribution in [-0.4, -0.2) is 64.9 Å². The summed E-state index contributed by atoms with van der Waals surface area (Å²) in [5.41, 5.74) is 5.79. The highest BCUT2D eigenvalue weighted by molar-refractivity contribution is 5.68. The van der Waals surface area contributed by atoms with Crippen molar-refractivity contribution in [3.05, 3.63) is 29.7 Å². The van der Waals surface area contributed by atoms with Crippen molar-refractivity contribution in [2.45, 2.75) is 76.0 Å². The number of alkyl halides is 4. The number of aromatic nitrogens is 3. The van der Waals surface area contributed by atoms with E-state index < -0.39 is 48.7 Å². The van der Waals surface area contributed by atoms with Crippen LogP contribution in [0.4, 0.5) is 22.4 Å². The molecule has 2 heterocycles. The Morgan fingerprint density at radius 3 is 2.57 bits per heavy atom. The predicted octanol–water partition coefficient (Wildman–Crippen LogP) is 3.99. The first kappa shape index (κ1) is 29.1. The van der Waals surface area contributed by atoms with Crippen LogP contribution in [0.25, 0.3) is 5.65 Å². The van der Waals surface area contributed by atoms with Gasteiger partial charge in [0.25, 0.3) is 5.92 Å². The number of imidazole rings is 1. The summed E-state index contributed by atoms with van der Waals surface area (Å²) in [7, 11) is 1.45. The molecule has 2 atom stereocenters. The number of halogens is 4. The molecule has 2 aromatic heterocycles. The summed E-state index contributed by atoms with van der Waals surface area (Å²) in [5.74, 6) is -6.09. The molecule has 2 aromatic rings. The van der Waals surface area contributed by atoms with Crippen molar-refractivity contribution < 1.29 is 31.8 Å². The Labute approximate surface area is 213 Å². The lowest BCUT2D eigenvalue weighted by Gasteiger charge is -2.33. The maximum absolute atomic E-state index is 13.8. The Morgan fingerprint density at radius 2 is 1.97 bits per heavy atom. The van der Waals surface area contributed by atoms with E-state index in [1.807, 2.05) is 0 Å². The standard InChI is InChI=1S/C24H36F4N6O3/c1-22(2,3)37-21(35)33-20(15-5-7-23(25,26)8-6-15)17-11-34-19(32-17)9-16(10-31-34)18(12-36-4)30-14-24(27,28)13-29/h9-11,15,18,20,30H,5-8,12-14,29H2,1-4H3,(H,33,35)/t18-,20+/m1/s1. The van der Waals surface area contributed by atoms with Crippen molar-refractivity contribution in [1.29, 1.82) is 0 Å². The summed E-state index contributed by atoms with van der Waals surface area (Å²) in [6, 6.07) is 0.399. The summed E-state index contributed by atoms with van der Waals surface area (Å²) in [6.07, 6.45) is 2.30. The highest BCUT2D eigenvalue weighted by atomic mass is 19.3. The smallest absolute Gasteiger partial charge is 0.408 e. The molecule has 0 aliphatic heterocycles. The summed E-state index contributed by atoms with van der Waals surface area (Å²) in [6.45, 7) is 3.86. The van der Waals surface area contributed by atoms with E-state index in [0.29, 0.717) is 16.9 Å². The molecule has 0 bridgehead atoms. The topological polar surface area (TPSA) is 116 Å². The van der Waals surface area contributed by atoms with E-state index in [2.05, 4.69) is 20.7 Å². The second-order valence-corrected chi connectivity index (χ2v) is 10.5. The minimum atomic E-state index is -3.08. The Bertz CT molecular complexity index is 1050. The van der Waals surface area contributed by atoms with E-state index >= 15 is 0 Å². The number of hydrogen-bond donors (Lipinski definition) is 3. The molecule has 1 saturated carbocycles. The van der Waals surface area contributed by atoms with E-state index in [0.717, 1.165) is 0 Å². The molecule has 1 aliphatic rings. The molecule has 0 radical (unpaired) electrons. The van der Waals surface area contributed by atoms with Gasteiger partial charge in [-0.2, -0.15) is 5.10 Å². The third-order valence-electron chi connectivity index (χ3n) is 6.23.